The Kier molecular flexibility index (Phi) is 10.8. The number of hydrogen-bond acceptors (Lipinski definition) is 6. The summed E-state index contributed by atoms with van der Waals surface area (Å²) in [6, 6.07) is 9.98. The second-order valence-electron chi connectivity index (χ2n) is 6.98. The average molecular weight is 434 g/mol. The normalized spacial score (nSPS) is 14.7. The minimum atomic E-state index is -0.579. The van der Waals surface area contributed by atoms with Crippen molar-refractivity contribution in [1.82, 2.24) is 19.6 Å². The Hall–Kier alpha value is -3.40. The highest BCUT2D eigenvalue weighted by Gasteiger charge is 2.44. The van der Waals surface area contributed by atoms with E-state index in [0.29, 0.717) is 0 Å². The number of rotatable bonds is 5. The van der Waals surface area contributed by atoms with Crippen LogP contribution in [0.5, 0.6) is 5.75 Å². The van der Waals surface area contributed by atoms with Crippen LogP contribution in [-0.4, -0.2) is 82.9 Å². The molecular formula is C21H30N4O6. The van der Waals surface area contributed by atoms with Gasteiger partial charge in [-0.25, -0.2) is 0 Å². The van der Waals surface area contributed by atoms with Crippen LogP contribution in [-0.2, 0) is 26.5 Å². The molecule has 1 aromatic carbocycles. The van der Waals surface area contributed by atoms with Crippen molar-refractivity contribution in [3.05, 3.63) is 48.3 Å². The first kappa shape index (κ1) is 25.6. The van der Waals surface area contributed by atoms with Gasteiger partial charge in [-0.1, -0.05) is 18.2 Å². The number of carbonyl (C=O) groups excluding carboxylic acids is 1. The third kappa shape index (κ3) is 6.82. The highest BCUT2D eigenvalue weighted by atomic mass is 16.5. The molecule has 31 heavy (non-hydrogen) atoms. The average Bonchev–Trinajstić information content (AvgIpc) is 3.31. The van der Waals surface area contributed by atoms with Gasteiger partial charge in [0, 0.05) is 51.7 Å². The van der Waals surface area contributed by atoms with Gasteiger partial charge in [0.15, 0.2) is 0 Å². The van der Waals surface area contributed by atoms with Crippen LogP contribution in [0, 0.1) is 0 Å². The molecule has 2 heterocycles. The fourth-order valence-electron chi connectivity index (χ4n) is 3.63. The van der Waals surface area contributed by atoms with E-state index in [0.717, 1.165) is 38.2 Å². The lowest BCUT2D eigenvalue weighted by molar-refractivity contribution is -0.141. The molecule has 0 unspecified atom stereocenters. The van der Waals surface area contributed by atoms with E-state index >= 15 is 0 Å². The summed E-state index contributed by atoms with van der Waals surface area (Å²) in [4.78, 5) is 33.7. The molecule has 10 nitrogen and oxygen atoms in total. The highest BCUT2D eigenvalue weighted by molar-refractivity contribution is 5.84. The van der Waals surface area contributed by atoms with Gasteiger partial charge >= 0.3 is 0 Å². The Labute approximate surface area is 181 Å². The Balaban J connectivity index is 0.000000720. The largest absolute Gasteiger partial charge is 0.496 e. The van der Waals surface area contributed by atoms with E-state index in [1.165, 1.54) is 5.56 Å². The first-order valence-electron chi connectivity index (χ1n) is 9.62. The molecule has 0 bridgehead atoms. The number of para-hydroxylation sites is 1. The van der Waals surface area contributed by atoms with Crippen molar-refractivity contribution in [1.29, 1.82) is 0 Å². The lowest BCUT2D eigenvalue weighted by Crippen LogP contribution is -2.54. The van der Waals surface area contributed by atoms with E-state index in [1.54, 1.807) is 18.2 Å². The minimum Gasteiger partial charge on any atom is -0.496 e. The second-order valence-corrected chi connectivity index (χ2v) is 6.98. The lowest BCUT2D eigenvalue weighted by atomic mass is 9.86. The summed E-state index contributed by atoms with van der Waals surface area (Å²) in [5.41, 5.74) is 0.597. The molecule has 170 valence electrons. The molecule has 1 aliphatic rings. The third-order valence-corrected chi connectivity index (χ3v) is 5.02. The van der Waals surface area contributed by atoms with Crippen molar-refractivity contribution in [2.45, 2.75) is 24.9 Å². The first-order chi connectivity index (χ1) is 14.9. The van der Waals surface area contributed by atoms with E-state index in [1.807, 2.05) is 49.2 Å². The number of piperidine rings is 1. The van der Waals surface area contributed by atoms with Gasteiger partial charge in [0.25, 0.3) is 12.9 Å². The van der Waals surface area contributed by atoms with Gasteiger partial charge in [0.2, 0.25) is 5.91 Å². The SMILES string of the molecule is COc1ccccc1CN1CCC(C(=O)N(C)C)(n2cccn2)CC1.O=CO.O=CO. The standard InChI is InChI=1S/C19H26N4O2.2CH2O2/c1-21(2)18(24)19(23-12-6-11-20-23)9-13-22(14-10-19)15-16-7-4-5-8-17(16)25-3;2*2-1-3/h4-8,11-12H,9-10,13-15H2,1-3H3;2*1H,(H,2,3). The highest BCUT2D eigenvalue weighted by Crippen LogP contribution is 2.32. The number of carbonyl (C=O) groups is 3. The van der Waals surface area contributed by atoms with Crippen LogP contribution in [0.25, 0.3) is 0 Å². The number of hydrogen-bond donors (Lipinski definition) is 2. The molecule has 0 aliphatic carbocycles. The third-order valence-electron chi connectivity index (χ3n) is 5.02. The summed E-state index contributed by atoms with van der Waals surface area (Å²) >= 11 is 0. The maximum atomic E-state index is 12.9. The summed E-state index contributed by atoms with van der Waals surface area (Å²) in [5.74, 6) is 1.03. The Bertz CT molecular complexity index is 796. The molecule has 10 heteroatoms. The molecule has 1 aromatic heterocycles. The van der Waals surface area contributed by atoms with Gasteiger partial charge in [0.1, 0.15) is 11.3 Å². The predicted molar refractivity (Wildman–Crippen MR) is 114 cm³/mol. The number of methoxy groups -OCH3 is 1. The van der Waals surface area contributed by atoms with Crippen LogP contribution < -0.4 is 4.74 Å². The summed E-state index contributed by atoms with van der Waals surface area (Å²) in [6.45, 7) is 2.02. The van der Waals surface area contributed by atoms with Gasteiger partial charge in [-0.2, -0.15) is 5.10 Å². The molecule has 2 N–H and O–H groups in total. The molecule has 0 saturated carbocycles. The topological polar surface area (TPSA) is 125 Å². The second kappa shape index (κ2) is 13.0. The van der Waals surface area contributed by atoms with E-state index in [2.05, 4.69) is 16.1 Å². The van der Waals surface area contributed by atoms with E-state index in [9.17, 15) is 4.79 Å². The van der Waals surface area contributed by atoms with E-state index in [4.69, 9.17) is 24.5 Å². The number of likely N-dealkylation sites (N-methyl/N-ethyl adjacent to an activating group) is 1. The number of nitrogens with zero attached hydrogens (tertiary/aromatic N) is 4. The molecule has 1 fully saturated rings. The molecule has 2 aromatic rings. The monoisotopic (exact) mass is 434 g/mol. The van der Waals surface area contributed by atoms with Gasteiger partial charge < -0.3 is 19.8 Å². The molecule has 1 saturated heterocycles. The van der Waals surface area contributed by atoms with Crippen LogP contribution >= 0.6 is 0 Å². The van der Waals surface area contributed by atoms with E-state index < -0.39 is 5.54 Å². The maximum Gasteiger partial charge on any atom is 0.290 e. The summed E-state index contributed by atoms with van der Waals surface area (Å²) in [7, 11) is 5.33. The molecular weight excluding hydrogens is 404 g/mol. The Morgan fingerprint density at radius 2 is 1.74 bits per heavy atom. The van der Waals surface area contributed by atoms with Gasteiger partial charge in [-0.3, -0.25) is 24.0 Å². The number of carboxylic acid groups (broad SMARTS) is 2. The van der Waals surface area contributed by atoms with Crippen molar-refractivity contribution in [3.8, 4) is 5.75 Å². The van der Waals surface area contributed by atoms with Crippen molar-refractivity contribution in [2.75, 3.05) is 34.3 Å². The summed E-state index contributed by atoms with van der Waals surface area (Å²) in [5, 5.41) is 18.2. The molecule has 1 amide bonds. The van der Waals surface area contributed by atoms with E-state index in [-0.39, 0.29) is 18.9 Å². The van der Waals surface area contributed by atoms with Crippen LogP contribution in [0.4, 0.5) is 0 Å². The molecule has 1 aliphatic heterocycles. The zero-order valence-corrected chi connectivity index (χ0v) is 18.0. The summed E-state index contributed by atoms with van der Waals surface area (Å²) < 4.78 is 7.30. The maximum absolute atomic E-state index is 12.9. The molecule has 0 spiro atoms. The molecule has 0 radical (unpaired) electrons. The zero-order chi connectivity index (χ0) is 23.3. The number of benzene rings is 1. The number of likely N-dealkylation sites (tertiary alicyclic amines) is 1. The first-order valence-corrected chi connectivity index (χ1v) is 9.62. The number of amides is 1. The van der Waals surface area contributed by atoms with Crippen LogP contribution in [0.1, 0.15) is 18.4 Å². The molecule has 0 atom stereocenters. The summed E-state index contributed by atoms with van der Waals surface area (Å²) in [6.07, 6.45) is 5.14. The van der Waals surface area contributed by atoms with Crippen molar-refractivity contribution in [3.63, 3.8) is 0 Å². The fourth-order valence-corrected chi connectivity index (χ4v) is 3.63. The predicted octanol–water partition coefficient (Wildman–Crippen LogP) is 1.37. The Morgan fingerprint density at radius 1 is 1.16 bits per heavy atom. The van der Waals surface area contributed by atoms with Gasteiger partial charge in [0.05, 0.1) is 7.11 Å². The van der Waals surface area contributed by atoms with Crippen LogP contribution in [0.2, 0.25) is 0 Å². The smallest absolute Gasteiger partial charge is 0.290 e. The van der Waals surface area contributed by atoms with Crippen LogP contribution in [0.3, 0.4) is 0 Å². The van der Waals surface area contributed by atoms with Crippen molar-refractivity contribution >= 4 is 18.9 Å². The zero-order valence-electron chi connectivity index (χ0n) is 18.0. The van der Waals surface area contributed by atoms with Gasteiger partial charge in [-0.05, 0) is 25.0 Å². The van der Waals surface area contributed by atoms with Gasteiger partial charge in [-0.15, -0.1) is 0 Å². The minimum absolute atomic E-state index is 0.119. The fraction of sp³-hybridized carbons (Fsp3) is 0.429. The number of aromatic nitrogens is 2. The molecule has 3 rings (SSSR count). The quantitative estimate of drug-likeness (QED) is 0.676. The lowest BCUT2D eigenvalue weighted by Gasteiger charge is -2.42. The van der Waals surface area contributed by atoms with Crippen LogP contribution in [0.15, 0.2) is 42.7 Å². The Morgan fingerprint density at radius 3 is 2.23 bits per heavy atom. The van der Waals surface area contributed by atoms with Crippen molar-refractivity contribution < 1.29 is 29.3 Å². The van der Waals surface area contributed by atoms with Crippen molar-refractivity contribution in [2.24, 2.45) is 0 Å². The number of ether oxygens (including phenoxy) is 1.